The first-order chi connectivity index (χ1) is 9.39. The van der Waals surface area contributed by atoms with E-state index in [9.17, 15) is 0 Å². The molecule has 0 amide bonds. The molecule has 3 nitrogen and oxygen atoms in total. The SMILES string of the molecule is COCCN(COC)C[Si](C)(C)C.Cc1ccccc1. The van der Waals surface area contributed by atoms with Crippen molar-refractivity contribution >= 4 is 8.07 Å². The van der Waals surface area contributed by atoms with Crippen molar-refractivity contribution in [3.05, 3.63) is 35.9 Å². The minimum absolute atomic E-state index is 0.716. The van der Waals surface area contributed by atoms with Crippen molar-refractivity contribution in [1.29, 1.82) is 0 Å². The predicted molar refractivity (Wildman–Crippen MR) is 89.9 cm³/mol. The van der Waals surface area contributed by atoms with Crippen LogP contribution in [0.2, 0.25) is 19.6 Å². The van der Waals surface area contributed by atoms with Crippen LogP contribution < -0.4 is 0 Å². The second-order valence-electron chi connectivity index (χ2n) is 6.18. The maximum Gasteiger partial charge on any atom is 0.0984 e. The molecular formula is C16H31NO2Si. The van der Waals surface area contributed by atoms with E-state index >= 15 is 0 Å². The highest BCUT2D eigenvalue weighted by molar-refractivity contribution is 6.76. The van der Waals surface area contributed by atoms with E-state index in [1.54, 1.807) is 14.2 Å². The topological polar surface area (TPSA) is 21.7 Å². The highest BCUT2D eigenvalue weighted by atomic mass is 28.3. The molecule has 1 rings (SSSR count). The third-order valence-corrected chi connectivity index (χ3v) is 3.96. The minimum Gasteiger partial charge on any atom is -0.383 e. The molecule has 20 heavy (non-hydrogen) atoms. The summed E-state index contributed by atoms with van der Waals surface area (Å²) in [5.74, 6) is 0. The maximum absolute atomic E-state index is 5.14. The van der Waals surface area contributed by atoms with Crippen molar-refractivity contribution in [2.45, 2.75) is 26.6 Å². The van der Waals surface area contributed by atoms with Crippen LogP contribution in [-0.2, 0) is 9.47 Å². The smallest absolute Gasteiger partial charge is 0.0984 e. The average molecular weight is 298 g/mol. The van der Waals surface area contributed by atoms with Crippen molar-refractivity contribution in [2.24, 2.45) is 0 Å². The van der Waals surface area contributed by atoms with Gasteiger partial charge in [-0.1, -0.05) is 55.5 Å². The van der Waals surface area contributed by atoms with Gasteiger partial charge >= 0.3 is 0 Å². The van der Waals surface area contributed by atoms with Crippen LogP contribution in [0.4, 0.5) is 0 Å². The van der Waals surface area contributed by atoms with E-state index in [2.05, 4.69) is 43.6 Å². The van der Waals surface area contributed by atoms with E-state index in [-0.39, 0.29) is 0 Å². The van der Waals surface area contributed by atoms with Crippen LogP contribution in [0.5, 0.6) is 0 Å². The maximum atomic E-state index is 5.14. The lowest BCUT2D eigenvalue weighted by atomic mass is 10.2. The lowest BCUT2D eigenvalue weighted by Gasteiger charge is -2.27. The molecule has 0 spiro atoms. The Morgan fingerprint density at radius 2 is 1.60 bits per heavy atom. The molecule has 0 saturated heterocycles. The molecule has 116 valence electrons. The standard InChI is InChI=1S/C9H23NO2Si.C7H8/c1-11-7-6-10(8-12-2)9-13(3,4)5;1-7-5-3-2-4-6-7/h6-9H2,1-5H3;2-6H,1H3. The summed E-state index contributed by atoms with van der Waals surface area (Å²) in [5.41, 5.74) is 1.32. The van der Waals surface area contributed by atoms with Crippen molar-refractivity contribution in [2.75, 3.05) is 40.3 Å². The molecule has 0 bridgehead atoms. The Morgan fingerprint density at radius 1 is 1.00 bits per heavy atom. The van der Waals surface area contributed by atoms with Crippen LogP contribution in [-0.4, -0.2) is 53.2 Å². The number of ether oxygens (including phenoxy) is 2. The van der Waals surface area contributed by atoms with E-state index in [0.29, 0.717) is 6.73 Å². The molecule has 0 unspecified atom stereocenters. The van der Waals surface area contributed by atoms with E-state index < -0.39 is 8.07 Å². The molecule has 0 fully saturated rings. The van der Waals surface area contributed by atoms with Crippen LogP contribution in [0.3, 0.4) is 0 Å². The molecule has 4 heteroatoms. The molecule has 0 N–H and O–H groups in total. The lowest BCUT2D eigenvalue weighted by molar-refractivity contribution is 0.0545. The Hall–Kier alpha value is -0.683. The molecule has 0 heterocycles. The number of aryl methyl sites for hydroxylation is 1. The van der Waals surface area contributed by atoms with Gasteiger partial charge in [0.2, 0.25) is 0 Å². The quantitative estimate of drug-likeness (QED) is 0.568. The largest absolute Gasteiger partial charge is 0.383 e. The van der Waals surface area contributed by atoms with E-state index in [0.717, 1.165) is 13.2 Å². The molecule has 0 aliphatic rings. The Balaban J connectivity index is 0.000000428. The number of benzene rings is 1. The third-order valence-electron chi connectivity index (χ3n) is 2.56. The zero-order valence-corrected chi connectivity index (χ0v) is 15.0. The summed E-state index contributed by atoms with van der Waals surface area (Å²) in [7, 11) is 2.46. The van der Waals surface area contributed by atoms with Crippen LogP contribution >= 0.6 is 0 Å². The summed E-state index contributed by atoms with van der Waals surface area (Å²) in [6, 6.07) is 10.3. The van der Waals surface area contributed by atoms with Gasteiger partial charge in [-0.2, -0.15) is 0 Å². The van der Waals surface area contributed by atoms with Crippen LogP contribution in [0.25, 0.3) is 0 Å². The molecule has 1 aromatic carbocycles. The van der Waals surface area contributed by atoms with Gasteiger partial charge in [0.15, 0.2) is 0 Å². The van der Waals surface area contributed by atoms with Gasteiger partial charge in [0.1, 0.15) is 0 Å². The van der Waals surface area contributed by atoms with E-state index in [1.807, 2.05) is 18.2 Å². The van der Waals surface area contributed by atoms with Gasteiger partial charge in [0.25, 0.3) is 0 Å². The average Bonchev–Trinajstić information content (AvgIpc) is 2.36. The highest BCUT2D eigenvalue weighted by Gasteiger charge is 2.17. The molecule has 0 atom stereocenters. The molecule has 0 radical (unpaired) electrons. The Bertz CT molecular complexity index is 325. The molecule has 0 aromatic heterocycles. The Morgan fingerprint density at radius 3 is 1.95 bits per heavy atom. The fourth-order valence-corrected chi connectivity index (χ4v) is 3.39. The Kier molecular flexibility index (Phi) is 10.7. The molecule has 0 aliphatic carbocycles. The van der Waals surface area contributed by atoms with Crippen LogP contribution in [0.15, 0.2) is 30.3 Å². The van der Waals surface area contributed by atoms with Gasteiger partial charge in [0.05, 0.1) is 21.4 Å². The normalized spacial score (nSPS) is 11.2. The monoisotopic (exact) mass is 297 g/mol. The zero-order valence-electron chi connectivity index (χ0n) is 14.0. The summed E-state index contributed by atoms with van der Waals surface area (Å²) in [4.78, 5) is 2.32. The molecule has 1 aromatic rings. The lowest BCUT2D eigenvalue weighted by Crippen LogP contribution is -2.42. The second-order valence-corrected chi connectivity index (χ2v) is 11.6. The van der Waals surface area contributed by atoms with Gasteiger partial charge in [-0.25, -0.2) is 0 Å². The van der Waals surface area contributed by atoms with Gasteiger partial charge in [-0.15, -0.1) is 0 Å². The van der Waals surface area contributed by atoms with Crippen LogP contribution in [0.1, 0.15) is 5.56 Å². The predicted octanol–water partition coefficient (Wildman–Crippen LogP) is 3.41. The van der Waals surface area contributed by atoms with Gasteiger partial charge in [-0.05, 0) is 13.1 Å². The van der Waals surface area contributed by atoms with Crippen molar-refractivity contribution < 1.29 is 9.47 Å². The number of hydrogen-bond acceptors (Lipinski definition) is 3. The zero-order chi connectivity index (χ0) is 15.4. The number of rotatable bonds is 7. The van der Waals surface area contributed by atoms with E-state index in [4.69, 9.17) is 9.47 Å². The van der Waals surface area contributed by atoms with E-state index in [1.165, 1.54) is 11.7 Å². The van der Waals surface area contributed by atoms with Crippen LogP contribution in [0, 0.1) is 6.92 Å². The molecule has 0 aliphatic heterocycles. The van der Waals surface area contributed by atoms with Crippen molar-refractivity contribution in [3.63, 3.8) is 0 Å². The fourth-order valence-electron chi connectivity index (χ4n) is 1.80. The van der Waals surface area contributed by atoms with Gasteiger partial charge < -0.3 is 9.47 Å². The third kappa shape index (κ3) is 12.4. The van der Waals surface area contributed by atoms with Crippen molar-refractivity contribution in [1.82, 2.24) is 4.90 Å². The first kappa shape index (κ1) is 19.3. The fraction of sp³-hybridized carbons (Fsp3) is 0.625. The highest BCUT2D eigenvalue weighted by Crippen LogP contribution is 2.03. The van der Waals surface area contributed by atoms with Gasteiger partial charge in [0, 0.05) is 20.8 Å². The summed E-state index contributed by atoms with van der Waals surface area (Å²) < 4.78 is 10.2. The summed E-state index contributed by atoms with van der Waals surface area (Å²) in [5, 5.41) is 0. The number of methoxy groups -OCH3 is 2. The number of hydrogen-bond donors (Lipinski definition) is 0. The minimum atomic E-state index is -1.02. The van der Waals surface area contributed by atoms with Gasteiger partial charge in [-0.3, -0.25) is 4.90 Å². The molecule has 0 saturated carbocycles. The summed E-state index contributed by atoms with van der Waals surface area (Å²) in [6.07, 6.45) is 1.17. The number of nitrogens with zero attached hydrogens (tertiary/aromatic N) is 1. The Labute approximate surface area is 125 Å². The first-order valence-corrected chi connectivity index (χ1v) is 10.8. The second kappa shape index (κ2) is 11.0. The summed E-state index contributed by atoms with van der Waals surface area (Å²) in [6.45, 7) is 11.6. The molecular weight excluding hydrogens is 266 g/mol. The summed E-state index contributed by atoms with van der Waals surface area (Å²) >= 11 is 0. The van der Waals surface area contributed by atoms with Crippen molar-refractivity contribution in [3.8, 4) is 0 Å². The first-order valence-electron chi connectivity index (χ1n) is 7.11.